The average molecular weight is 806 g/mol. The Labute approximate surface area is 313 Å². The van der Waals surface area contributed by atoms with E-state index in [1.165, 1.54) is 47.8 Å². The van der Waals surface area contributed by atoms with Gasteiger partial charge in [-0.2, -0.15) is 0 Å². The third-order valence-electron chi connectivity index (χ3n) is 8.41. The minimum Gasteiger partial charge on any atom is -0.456 e. The highest BCUT2D eigenvalue weighted by molar-refractivity contribution is 7.98. The summed E-state index contributed by atoms with van der Waals surface area (Å²) in [5.41, 5.74) is 0.322. The van der Waals surface area contributed by atoms with Crippen molar-refractivity contribution in [3.05, 3.63) is 105 Å². The van der Waals surface area contributed by atoms with Crippen molar-refractivity contribution in [1.82, 2.24) is 9.13 Å². The first-order chi connectivity index (χ1) is 25.2. The molecule has 15 nitrogen and oxygen atoms in total. The van der Waals surface area contributed by atoms with Crippen LogP contribution in [0.4, 0.5) is 10.1 Å². The van der Waals surface area contributed by atoms with Crippen LogP contribution < -0.4 is 15.6 Å². The summed E-state index contributed by atoms with van der Waals surface area (Å²) in [6.07, 6.45) is 3.39. The summed E-state index contributed by atoms with van der Waals surface area (Å²) >= 11 is 1.50. The highest BCUT2D eigenvalue weighted by Gasteiger charge is 2.29. The summed E-state index contributed by atoms with van der Waals surface area (Å²) in [5.74, 6) is -0.614. The Morgan fingerprint density at radius 2 is 1.56 bits per heavy atom. The number of phosphoric acid groups is 2. The molecule has 5 N–H and O–H groups in total. The molecule has 0 saturated heterocycles. The molecule has 0 aliphatic heterocycles. The number of aromatic nitrogens is 2. The minimum absolute atomic E-state index is 0.137. The van der Waals surface area contributed by atoms with Crippen molar-refractivity contribution in [2.45, 2.75) is 44.9 Å². The van der Waals surface area contributed by atoms with E-state index in [0.29, 0.717) is 39.3 Å². The topological polar surface area (TPSA) is 208 Å². The lowest BCUT2D eigenvalue weighted by Gasteiger charge is -2.27. The van der Waals surface area contributed by atoms with Crippen molar-refractivity contribution in [3.63, 3.8) is 0 Å². The molecule has 0 radical (unpaired) electrons. The van der Waals surface area contributed by atoms with E-state index in [1.807, 2.05) is 6.26 Å². The number of nitrogens with one attached hydrogen (secondary N) is 1. The van der Waals surface area contributed by atoms with Gasteiger partial charge in [0.2, 0.25) is 0 Å². The number of amides is 1. The first-order valence-corrected chi connectivity index (χ1v) is 20.3. The zero-order valence-corrected chi connectivity index (χ0v) is 32.5. The van der Waals surface area contributed by atoms with E-state index in [2.05, 4.69) is 9.84 Å². The van der Waals surface area contributed by atoms with Gasteiger partial charge in [0, 0.05) is 40.3 Å². The molecule has 0 aliphatic carbocycles. The van der Waals surface area contributed by atoms with Crippen LogP contribution >= 0.6 is 27.4 Å². The van der Waals surface area contributed by atoms with E-state index in [4.69, 9.17) is 14.0 Å². The van der Waals surface area contributed by atoms with Gasteiger partial charge in [-0.1, -0.05) is 6.07 Å². The Bertz CT molecular complexity index is 2360. The van der Waals surface area contributed by atoms with Gasteiger partial charge >= 0.3 is 15.6 Å². The lowest BCUT2D eigenvalue weighted by molar-refractivity contribution is -0.0976. The number of thioether (sulfide) groups is 1. The number of halogens is 1. The number of anilines is 1. The van der Waals surface area contributed by atoms with Gasteiger partial charge in [-0.3, -0.25) is 18.6 Å². The van der Waals surface area contributed by atoms with Crippen LogP contribution in [-0.2, 0) is 42.3 Å². The van der Waals surface area contributed by atoms with Crippen LogP contribution in [0, 0.1) is 19.7 Å². The maximum atomic E-state index is 14.3. The average Bonchev–Trinajstić information content (AvgIpc) is 3.46. The molecule has 2 aromatic heterocycles. The number of hydrogen-bond acceptors (Lipinski definition) is 9. The first kappa shape index (κ1) is 41.1. The number of pyridine rings is 1. The van der Waals surface area contributed by atoms with Gasteiger partial charge in [-0.15, -0.1) is 11.8 Å². The number of aryl methyl sites for hydroxylation is 3. The third-order valence-corrected chi connectivity index (χ3v) is 10.0. The van der Waals surface area contributed by atoms with Crippen molar-refractivity contribution in [1.29, 1.82) is 0 Å². The van der Waals surface area contributed by atoms with Crippen LogP contribution in [0.15, 0.2) is 76.6 Å². The molecule has 0 bridgehead atoms. The van der Waals surface area contributed by atoms with Gasteiger partial charge in [-0.25, -0.2) is 13.5 Å². The molecule has 0 saturated carbocycles. The fraction of sp³-hybridized carbons (Fsp3) is 0.257. The number of rotatable bonds is 14. The van der Waals surface area contributed by atoms with Crippen LogP contribution in [0.1, 0.15) is 41.0 Å². The molecule has 288 valence electrons. The molecule has 0 unspecified atom stereocenters. The van der Waals surface area contributed by atoms with Gasteiger partial charge in [0.1, 0.15) is 35.3 Å². The van der Waals surface area contributed by atoms with E-state index < -0.39 is 52.1 Å². The smallest absolute Gasteiger partial charge is 0.456 e. The van der Waals surface area contributed by atoms with Crippen molar-refractivity contribution in [3.8, 4) is 22.6 Å². The highest BCUT2D eigenvalue weighted by Crippen LogP contribution is 2.43. The molecular formula is C35H38FN3O12P2S. The molecule has 3 aromatic carbocycles. The minimum atomic E-state index is -5.10. The zero-order chi connectivity index (χ0) is 39.7. The summed E-state index contributed by atoms with van der Waals surface area (Å²) in [6.45, 7) is 4.96. The van der Waals surface area contributed by atoms with Crippen molar-refractivity contribution in [2.24, 2.45) is 7.05 Å². The van der Waals surface area contributed by atoms with Gasteiger partial charge in [0.25, 0.3) is 11.5 Å². The number of nitrogens with zero attached hydrogens (tertiary/aromatic N) is 2. The summed E-state index contributed by atoms with van der Waals surface area (Å²) in [4.78, 5) is 66.2. The quantitative estimate of drug-likeness (QED) is 0.0440. The standard InChI is InChI=1S/C35H38FN3O12P2S/c1-20-13-23(36)14-21(2)32(20)51-30-12-7-22(35(3,4)48-19-50-53(45,46)47)15-26(30)28-17-38(5)34(41)31-27(28)16-29(39(31)18-49-52(42,43)44)33(40)37-24-8-10-25(54-6)11-9-24/h7-17H,18-19H2,1-6H3,(H,37,40)(H2,42,43,44)(H2,45,46,47). The number of benzene rings is 3. The molecule has 19 heteroatoms. The maximum absolute atomic E-state index is 14.3. The first-order valence-electron chi connectivity index (χ1n) is 16.0. The monoisotopic (exact) mass is 805 g/mol. The van der Waals surface area contributed by atoms with Crippen LogP contribution in [0.3, 0.4) is 0 Å². The van der Waals surface area contributed by atoms with E-state index >= 15 is 0 Å². The van der Waals surface area contributed by atoms with Crippen LogP contribution in [0.25, 0.3) is 22.0 Å². The molecule has 0 fully saturated rings. The zero-order valence-electron chi connectivity index (χ0n) is 29.9. The second-order valence-corrected chi connectivity index (χ2v) is 16.0. The molecule has 0 atom stereocenters. The van der Waals surface area contributed by atoms with Crippen molar-refractivity contribution >= 4 is 49.9 Å². The normalized spacial score (nSPS) is 12.4. The summed E-state index contributed by atoms with van der Waals surface area (Å²) in [7, 11) is -8.50. The van der Waals surface area contributed by atoms with Gasteiger partial charge in [0.05, 0.1) is 5.60 Å². The molecule has 1 amide bonds. The van der Waals surface area contributed by atoms with Gasteiger partial charge in [0.15, 0.2) is 6.79 Å². The number of carbonyl (C=O) groups is 1. The van der Waals surface area contributed by atoms with Crippen LogP contribution in [0.5, 0.6) is 11.5 Å². The number of fused-ring (bicyclic) bond motifs is 1. The number of ether oxygens (including phenoxy) is 2. The second-order valence-electron chi connectivity index (χ2n) is 12.7. The maximum Gasteiger partial charge on any atom is 0.471 e. The van der Waals surface area contributed by atoms with E-state index in [0.717, 1.165) is 9.46 Å². The summed E-state index contributed by atoms with van der Waals surface area (Å²) in [5, 5.41) is 2.93. The lowest BCUT2D eigenvalue weighted by atomic mass is 9.92. The SMILES string of the molecule is CSc1ccc(NC(=O)c2cc3c(-c4cc(C(C)(C)OCOP(=O)(O)O)ccc4Oc4c(C)cc(F)cc4C)cn(C)c(=O)c3n2COP(=O)(O)O)cc1. The second kappa shape index (κ2) is 15.9. The largest absolute Gasteiger partial charge is 0.471 e. The number of phosphoric ester groups is 2. The molecule has 0 spiro atoms. The summed E-state index contributed by atoms with van der Waals surface area (Å²) < 4.78 is 61.2. The molecule has 5 aromatic rings. The van der Waals surface area contributed by atoms with Crippen molar-refractivity contribution in [2.75, 3.05) is 18.4 Å². The highest BCUT2D eigenvalue weighted by atomic mass is 32.2. The molecule has 0 aliphatic rings. The Morgan fingerprint density at radius 1 is 0.926 bits per heavy atom. The fourth-order valence-corrected chi connectivity index (χ4v) is 6.58. The van der Waals surface area contributed by atoms with Crippen LogP contribution in [0.2, 0.25) is 0 Å². The number of hydrogen-bond donors (Lipinski definition) is 5. The Balaban J connectivity index is 1.75. The predicted octanol–water partition coefficient (Wildman–Crippen LogP) is 6.91. The Kier molecular flexibility index (Phi) is 12.1. The summed E-state index contributed by atoms with van der Waals surface area (Å²) in [6, 6.07) is 15.8. The predicted molar refractivity (Wildman–Crippen MR) is 200 cm³/mol. The molecular weight excluding hydrogens is 767 g/mol. The lowest BCUT2D eigenvalue weighted by Crippen LogP contribution is -2.23. The van der Waals surface area contributed by atoms with E-state index in [9.17, 15) is 42.7 Å². The van der Waals surface area contributed by atoms with E-state index in [1.54, 1.807) is 70.2 Å². The van der Waals surface area contributed by atoms with Crippen LogP contribution in [-0.4, -0.2) is 47.7 Å². The van der Waals surface area contributed by atoms with Gasteiger partial charge < -0.3 is 43.5 Å². The van der Waals surface area contributed by atoms with Crippen molar-refractivity contribution < 1.29 is 56.4 Å². The van der Waals surface area contributed by atoms with Gasteiger partial charge in [-0.05, 0) is 105 Å². The third kappa shape index (κ3) is 9.57. The Morgan fingerprint density at radius 3 is 2.15 bits per heavy atom. The fourth-order valence-electron chi connectivity index (χ4n) is 5.71. The molecule has 5 rings (SSSR count). The number of carbonyl (C=O) groups excluding carboxylic acids is 1. The molecule has 2 heterocycles. The Hall–Kier alpha value is -4.12. The van der Waals surface area contributed by atoms with E-state index in [-0.39, 0.29) is 22.3 Å². The molecule has 54 heavy (non-hydrogen) atoms.